The van der Waals surface area contributed by atoms with Crippen molar-refractivity contribution in [3.63, 3.8) is 0 Å². The highest BCUT2D eigenvalue weighted by Gasteiger charge is 2.39. The van der Waals surface area contributed by atoms with Crippen molar-refractivity contribution in [2.45, 2.75) is 24.7 Å². The Morgan fingerprint density at radius 2 is 1.97 bits per heavy atom. The number of rotatable bonds is 4. The number of fused-ring (bicyclic) bond motifs is 2. The van der Waals surface area contributed by atoms with Crippen LogP contribution in [0.3, 0.4) is 0 Å². The number of H-pyrrole nitrogens is 1. The predicted molar refractivity (Wildman–Crippen MR) is 116 cm³/mol. The molecule has 1 atom stereocenters. The maximum atomic E-state index is 12.4. The van der Waals surface area contributed by atoms with Crippen LogP contribution in [-0.2, 0) is 18.9 Å². The van der Waals surface area contributed by atoms with E-state index < -0.39 is 0 Å². The van der Waals surface area contributed by atoms with Gasteiger partial charge in [0, 0.05) is 42.4 Å². The Balaban J connectivity index is 1.73. The fourth-order valence-corrected chi connectivity index (χ4v) is 5.04. The Morgan fingerprint density at radius 1 is 1.14 bits per heavy atom. The second kappa shape index (κ2) is 6.75. The molecule has 1 unspecified atom stereocenters. The summed E-state index contributed by atoms with van der Waals surface area (Å²) in [4.78, 5) is 15.5. The average Bonchev–Trinajstić information content (AvgIpc) is 3.38. The lowest BCUT2D eigenvalue weighted by molar-refractivity contribution is 0.252. The highest BCUT2D eigenvalue weighted by molar-refractivity contribution is 5.94. The second-order valence-electron chi connectivity index (χ2n) is 8.02. The van der Waals surface area contributed by atoms with Crippen LogP contribution in [0.2, 0.25) is 0 Å². The van der Waals surface area contributed by atoms with E-state index in [1.54, 1.807) is 11.6 Å². The lowest BCUT2D eigenvalue weighted by Gasteiger charge is -2.31. The molecule has 0 aliphatic heterocycles. The number of pyridine rings is 1. The molecule has 1 aliphatic carbocycles. The number of nitrogens with one attached hydrogen (secondary N) is 1. The zero-order chi connectivity index (χ0) is 20.0. The van der Waals surface area contributed by atoms with Crippen molar-refractivity contribution in [1.82, 2.24) is 9.55 Å². The molecule has 0 saturated heterocycles. The van der Waals surface area contributed by atoms with Gasteiger partial charge in [-0.15, -0.1) is 0 Å². The van der Waals surface area contributed by atoms with E-state index in [2.05, 4.69) is 47.4 Å². The number of aliphatic hydroxyl groups excluding tert-OH is 1. The van der Waals surface area contributed by atoms with Crippen molar-refractivity contribution in [2.75, 3.05) is 6.61 Å². The third-order valence-corrected chi connectivity index (χ3v) is 6.52. The van der Waals surface area contributed by atoms with Gasteiger partial charge in [-0.1, -0.05) is 42.5 Å². The van der Waals surface area contributed by atoms with Crippen LogP contribution < -0.4 is 5.56 Å². The molecule has 2 aromatic carbocycles. The van der Waals surface area contributed by atoms with Gasteiger partial charge < -0.3 is 14.7 Å². The number of hydrogen-bond acceptors (Lipinski definition) is 2. The average molecular weight is 384 g/mol. The van der Waals surface area contributed by atoms with E-state index in [1.807, 2.05) is 24.5 Å². The Hall–Kier alpha value is -3.11. The topological polar surface area (TPSA) is 58.0 Å². The zero-order valence-corrected chi connectivity index (χ0v) is 16.5. The normalized spacial score (nSPS) is 18.3. The fraction of sp³-hybridized carbons (Fsp3) is 0.240. The third kappa shape index (κ3) is 2.67. The first kappa shape index (κ1) is 18.0. The lowest BCUT2D eigenvalue weighted by atomic mass is 9.72. The summed E-state index contributed by atoms with van der Waals surface area (Å²) in [7, 11) is 1.79. The van der Waals surface area contributed by atoms with Crippen LogP contribution in [0.5, 0.6) is 0 Å². The molecular weight excluding hydrogens is 360 g/mol. The Bertz CT molecular complexity index is 1250. The van der Waals surface area contributed by atoms with Crippen LogP contribution in [0.25, 0.3) is 22.0 Å². The minimum absolute atomic E-state index is 0.0196. The van der Waals surface area contributed by atoms with Gasteiger partial charge in [0.15, 0.2) is 0 Å². The summed E-state index contributed by atoms with van der Waals surface area (Å²) in [5.41, 5.74) is 6.50. The quantitative estimate of drug-likeness (QED) is 0.555. The molecular formula is C25H24N2O2. The van der Waals surface area contributed by atoms with E-state index in [0.717, 1.165) is 29.4 Å². The molecule has 2 aromatic heterocycles. The van der Waals surface area contributed by atoms with Gasteiger partial charge in [0.1, 0.15) is 5.52 Å². The SMILES string of the molecule is Cn1cc(-c2ccc3c(c2)C(CCO)(c2ccccc2)CC3)c2cc[nH]c2c1=O. The van der Waals surface area contributed by atoms with E-state index in [0.29, 0.717) is 11.9 Å². The molecule has 2 heterocycles. The summed E-state index contributed by atoms with van der Waals surface area (Å²) in [6, 6.07) is 19.2. The Morgan fingerprint density at radius 3 is 2.76 bits per heavy atom. The van der Waals surface area contributed by atoms with E-state index in [-0.39, 0.29) is 17.6 Å². The van der Waals surface area contributed by atoms with E-state index in [4.69, 9.17) is 0 Å². The van der Waals surface area contributed by atoms with Crippen molar-refractivity contribution in [3.8, 4) is 11.1 Å². The van der Waals surface area contributed by atoms with Crippen molar-refractivity contribution in [3.05, 3.63) is 94.0 Å². The molecule has 0 fully saturated rings. The molecule has 146 valence electrons. The van der Waals surface area contributed by atoms with Crippen LogP contribution in [0, 0.1) is 0 Å². The second-order valence-corrected chi connectivity index (χ2v) is 8.02. The number of benzene rings is 2. The maximum Gasteiger partial charge on any atom is 0.274 e. The van der Waals surface area contributed by atoms with Gasteiger partial charge in [0.25, 0.3) is 5.56 Å². The summed E-state index contributed by atoms with van der Waals surface area (Å²) in [5, 5.41) is 10.8. The number of aromatic amines is 1. The molecule has 0 amide bonds. The molecule has 2 N–H and O–H groups in total. The standard InChI is InChI=1S/C25H24N2O2/c1-27-16-21(20-10-13-26-23(20)24(27)29)18-8-7-17-9-11-25(12-14-28,22(17)15-18)19-5-3-2-4-6-19/h2-8,10,13,15-16,26,28H,9,11-12,14H2,1H3. The number of nitrogens with zero attached hydrogens (tertiary/aromatic N) is 1. The van der Waals surface area contributed by atoms with Crippen LogP contribution in [0.4, 0.5) is 0 Å². The van der Waals surface area contributed by atoms with Gasteiger partial charge >= 0.3 is 0 Å². The molecule has 4 heteroatoms. The molecule has 0 radical (unpaired) electrons. The monoisotopic (exact) mass is 384 g/mol. The first-order chi connectivity index (χ1) is 14.1. The van der Waals surface area contributed by atoms with Crippen LogP contribution >= 0.6 is 0 Å². The van der Waals surface area contributed by atoms with Gasteiger partial charge in [0.05, 0.1) is 0 Å². The summed E-state index contributed by atoms with van der Waals surface area (Å²) < 4.78 is 1.64. The lowest BCUT2D eigenvalue weighted by Crippen LogP contribution is -2.26. The molecule has 29 heavy (non-hydrogen) atoms. The van der Waals surface area contributed by atoms with E-state index >= 15 is 0 Å². The Labute approximate surface area is 169 Å². The fourth-order valence-electron chi connectivity index (χ4n) is 5.04. The maximum absolute atomic E-state index is 12.4. The van der Waals surface area contributed by atoms with Crippen LogP contribution in [0.15, 0.2) is 71.8 Å². The molecule has 4 aromatic rings. The number of aromatic nitrogens is 2. The van der Waals surface area contributed by atoms with E-state index in [9.17, 15) is 9.90 Å². The molecule has 1 aliphatic rings. The zero-order valence-electron chi connectivity index (χ0n) is 16.5. The first-order valence-electron chi connectivity index (χ1n) is 10.1. The summed E-state index contributed by atoms with van der Waals surface area (Å²) in [6.07, 6.45) is 6.47. The summed E-state index contributed by atoms with van der Waals surface area (Å²) >= 11 is 0. The van der Waals surface area contributed by atoms with Crippen LogP contribution in [-0.4, -0.2) is 21.3 Å². The van der Waals surface area contributed by atoms with Crippen molar-refractivity contribution in [1.29, 1.82) is 0 Å². The Kier molecular flexibility index (Phi) is 4.18. The van der Waals surface area contributed by atoms with Gasteiger partial charge in [-0.05, 0) is 53.6 Å². The predicted octanol–water partition coefficient (Wildman–Crippen LogP) is 4.15. The minimum atomic E-state index is -0.167. The summed E-state index contributed by atoms with van der Waals surface area (Å²) in [6.45, 7) is 0.153. The highest BCUT2D eigenvalue weighted by atomic mass is 16.3. The number of aryl methyl sites for hydroxylation is 2. The van der Waals surface area contributed by atoms with Gasteiger partial charge in [0.2, 0.25) is 0 Å². The van der Waals surface area contributed by atoms with E-state index in [1.165, 1.54) is 16.7 Å². The number of aliphatic hydroxyl groups is 1. The molecule has 0 spiro atoms. The van der Waals surface area contributed by atoms with Gasteiger partial charge in [-0.25, -0.2) is 0 Å². The van der Waals surface area contributed by atoms with Crippen molar-refractivity contribution < 1.29 is 5.11 Å². The van der Waals surface area contributed by atoms with Crippen LogP contribution in [0.1, 0.15) is 29.5 Å². The van der Waals surface area contributed by atoms with Gasteiger partial charge in [-0.2, -0.15) is 0 Å². The minimum Gasteiger partial charge on any atom is -0.396 e. The van der Waals surface area contributed by atoms with Crippen molar-refractivity contribution in [2.24, 2.45) is 7.05 Å². The summed E-state index contributed by atoms with van der Waals surface area (Å²) in [5.74, 6) is 0. The molecule has 5 rings (SSSR count). The molecule has 0 bridgehead atoms. The van der Waals surface area contributed by atoms with Crippen molar-refractivity contribution >= 4 is 10.9 Å². The first-order valence-corrected chi connectivity index (χ1v) is 10.1. The molecule has 4 nitrogen and oxygen atoms in total. The molecule has 0 saturated carbocycles. The largest absolute Gasteiger partial charge is 0.396 e. The number of hydrogen-bond donors (Lipinski definition) is 2. The van der Waals surface area contributed by atoms with Gasteiger partial charge in [-0.3, -0.25) is 4.79 Å². The smallest absolute Gasteiger partial charge is 0.274 e. The highest BCUT2D eigenvalue weighted by Crippen LogP contribution is 2.47. The third-order valence-electron chi connectivity index (χ3n) is 6.52.